The topological polar surface area (TPSA) is 51.7 Å². The molecule has 0 amide bonds. The van der Waals surface area contributed by atoms with Gasteiger partial charge in [-0.05, 0) is 93.6 Å². The molecule has 4 rings (SSSR count). The average molecular weight is 481 g/mol. The lowest BCUT2D eigenvalue weighted by atomic mass is 9.69. The quantitative estimate of drug-likeness (QED) is 0.371. The number of fused-ring (bicyclic) bond motifs is 1. The monoisotopic (exact) mass is 480 g/mol. The Bertz CT molecular complexity index is 973. The summed E-state index contributed by atoms with van der Waals surface area (Å²) in [7, 11) is 0. The molecule has 5 heteroatoms. The molecule has 2 aliphatic rings. The van der Waals surface area contributed by atoms with Gasteiger partial charge in [0.2, 0.25) is 0 Å². The highest BCUT2D eigenvalue weighted by molar-refractivity contribution is 5.80. The Labute approximate surface area is 211 Å². The predicted molar refractivity (Wildman–Crippen MR) is 141 cm³/mol. The molecule has 2 aromatic rings. The number of esters is 1. The molecule has 192 valence electrons. The molecule has 0 bridgehead atoms. The van der Waals surface area contributed by atoms with Crippen molar-refractivity contribution in [1.82, 2.24) is 9.88 Å². The van der Waals surface area contributed by atoms with Crippen LogP contribution in [0.3, 0.4) is 0 Å². The van der Waals surface area contributed by atoms with E-state index in [0.717, 1.165) is 80.0 Å². The van der Waals surface area contributed by atoms with Gasteiger partial charge < -0.3 is 9.47 Å². The molecule has 5 nitrogen and oxygen atoms in total. The van der Waals surface area contributed by atoms with E-state index in [1.807, 2.05) is 6.92 Å². The van der Waals surface area contributed by atoms with Crippen LogP contribution in [0.5, 0.6) is 5.75 Å². The Morgan fingerprint density at radius 1 is 1.03 bits per heavy atom. The second-order valence-corrected chi connectivity index (χ2v) is 11.3. The van der Waals surface area contributed by atoms with Gasteiger partial charge in [-0.25, -0.2) is 0 Å². The summed E-state index contributed by atoms with van der Waals surface area (Å²) >= 11 is 0. The van der Waals surface area contributed by atoms with Crippen LogP contribution in [0.2, 0.25) is 0 Å². The van der Waals surface area contributed by atoms with Crippen LogP contribution >= 0.6 is 0 Å². The molecule has 2 fully saturated rings. The van der Waals surface area contributed by atoms with Crippen molar-refractivity contribution in [2.24, 2.45) is 17.3 Å². The third-order valence-corrected chi connectivity index (χ3v) is 8.47. The van der Waals surface area contributed by atoms with E-state index in [2.05, 4.69) is 56.0 Å². The number of hydrogen-bond donors (Lipinski definition) is 0. The van der Waals surface area contributed by atoms with Crippen molar-refractivity contribution in [2.45, 2.75) is 91.7 Å². The maximum absolute atomic E-state index is 12.1. The summed E-state index contributed by atoms with van der Waals surface area (Å²) in [5, 5.41) is 1.13. The largest absolute Gasteiger partial charge is 0.490 e. The van der Waals surface area contributed by atoms with E-state index in [1.165, 1.54) is 19.3 Å². The summed E-state index contributed by atoms with van der Waals surface area (Å²) in [5.41, 5.74) is 2.53. The van der Waals surface area contributed by atoms with Gasteiger partial charge in [-0.15, -0.1) is 0 Å². The third kappa shape index (κ3) is 6.75. The highest BCUT2D eigenvalue weighted by Gasteiger charge is 2.32. The van der Waals surface area contributed by atoms with Gasteiger partial charge in [-0.2, -0.15) is 0 Å². The molecular weight excluding hydrogens is 436 g/mol. The van der Waals surface area contributed by atoms with Gasteiger partial charge in [-0.3, -0.25) is 14.7 Å². The van der Waals surface area contributed by atoms with Gasteiger partial charge in [0.1, 0.15) is 5.75 Å². The minimum atomic E-state index is -0.0220. The maximum atomic E-state index is 12.1. The smallest absolute Gasteiger partial charge is 0.309 e. The van der Waals surface area contributed by atoms with Crippen LogP contribution in [0.1, 0.15) is 84.8 Å². The second kappa shape index (κ2) is 11.7. The van der Waals surface area contributed by atoms with Crippen molar-refractivity contribution in [1.29, 1.82) is 0 Å². The van der Waals surface area contributed by atoms with E-state index in [9.17, 15) is 4.79 Å². The van der Waals surface area contributed by atoms with E-state index < -0.39 is 0 Å². The van der Waals surface area contributed by atoms with Crippen molar-refractivity contribution in [3.05, 3.63) is 36.0 Å². The Hall–Kier alpha value is -2.14. The first-order valence-corrected chi connectivity index (χ1v) is 13.8. The molecule has 0 unspecified atom stereocenters. The molecule has 0 atom stereocenters. The van der Waals surface area contributed by atoms with Crippen LogP contribution in [0.15, 0.2) is 30.3 Å². The first kappa shape index (κ1) is 25.9. The molecular formula is C30H44N2O3. The standard InChI is InChI=1S/C30H44N2O3/c1-5-19-34-29(33)22-15-17-32(18-16-22)21-25-10-7-23-20-27(13-14-28(23)31-25)35-26-11-8-24(9-12-26)30(3,4)6-2/h7,10,13-14,20,22,24,26H,5-6,8-9,11-12,15-19,21H2,1-4H3/t24-,26-. The highest BCUT2D eigenvalue weighted by atomic mass is 16.5. The fourth-order valence-corrected chi connectivity index (χ4v) is 5.63. The molecule has 0 radical (unpaired) electrons. The van der Waals surface area contributed by atoms with Gasteiger partial charge in [0, 0.05) is 11.9 Å². The van der Waals surface area contributed by atoms with E-state index in [0.29, 0.717) is 18.1 Å². The number of piperidine rings is 1. The normalized spacial score (nSPS) is 22.3. The number of rotatable bonds is 9. The molecule has 1 aliphatic heterocycles. The molecule has 1 saturated carbocycles. The van der Waals surface area contributed by atoms with E-state index in [1.54, 1.807) is 0 Å². The van der Waals surface area contributed by atoms with Gasteiger partial charge >= 0.3 is 5.97 Å². The van der Waals surface area contributed by atoms with Crippen LogP contribution < -0.4 is 4.74 Å². The van der Waals surface area contributed by atoms with Crippen LogP contribution in [0.25, 0.3) is 10.9 Å². The number of benzene rings is 1. The Kier molecular flexibility index (Phi) is 8.69. The first-order valence-electron chi connectivity index (χ1n) is 13.8. The van der Waals surface area contributed by atoms with Crippen molar-refractivity contribution in [3.63, 3.8) is 0 Å². The molecule has 0 spiro atoms. The van der Waals surface area contributed by atoms with Gasteiger partial charge in [-0.1, -0.05) is 40.2 Å². The molecule has 0 N–H and O–H groups in total. The van der Waals surface area contributed by atoms with Gasteiger partial charge in [0.15, 0.2) is 0 Å². The number of likely N-dealkylation sites (tertiary alicyclic amines) is 1. The van der Waals surface area contributed by atoms with Crippen LogP contribution in [-0.4, -0.2) is 41.7 Å². The van der Waals surface area contributed by atoms with E-state index in [4.69, 9.17) is 14.5 Å². The Morgan fingerprint density at radius 2 is 1.77 bits per heavy atom. The number of aromatic nitrogens is 1. The molecule has 2 heterocycles. The molecule has 1 aliphatic carbocycles. The number of ether oxygens (including phenoxy) is 2. The lowest BCUT2D eigenvalue weighted by molar-refractivity contribution is -0.150. The summed E-state index contributed by atoms with van der Waals surface area (Å²) in [6.07, 6.45) is 9.02. The lowest BCUT2D eigenvalue weighted by Crippen LogP contribution is -2.36. The number of pyridine rings is 1. The zero-order valence-electron chi connectivity index (χ0n) is 22.2. The van der Waals surface area contributed by atoms with Crippen LogP contribution in [0, 0.1) is 17.3 Å². The molecule has 35 heavy (non-hydrogen) atoms. The SMILES string of the molecule is CCCOC(=O)C1CCN(Cc2ccc3cc(O[C@H]4CC[C@H](C(C)(C)CC)CC4)ccc3n2)CC1. The highest BCUT2D eigenvalue weighted by Crippen LogP contribution is 2.41. The predicted octanol–water partition coefficient (Wildman–Crippen LogP) is 6.77. The summed E-state index contributed by atoms with van der Waals surface area (Å²) < 4.78 is 11.7. The van der Waals surface area contributed by atoms with Gasteiger partial charge in [0.05, 0.1) is 29.8 Å². The third-order valence-electron chi connectivity index (χ3n) is 8.47. The number of nitrogens with zero attached hydrogens (tertiary/aromatic N) is 2. The minimum Gasteiger partial charge on any atom is -0.490 e. The van der Waals surface area contributed by atoms with Gasteiger partial charge in [0.25, 0.3) is 0 Å². The van der Waals surface area contributed by atoms with Crippen molar-refractivity contribution in [3.8, 4) is 5.75 Å². The second-order valence-electron chi connectivity index (χ2n) is 11.3. The van der Waals surface area contributed by atoms with E-state index in [-0.39, 0.29) is 11.9 Å². The maximum Gasteiger partial charge on any atom is 0.309 e. The number of hydrogen-bond acceptors (Lipinski definition) is 5. The molecule has 1 saturated heterocycles. The summed E-state index contributed by atoms with van der Waals surface area (Å²) in [4.78, 5) is 19.4. The fourth-order valence-electron chi connectivity index (χ4n) is 5.63. The first-order chi connectivity index (χ1) is 16.9. The number of carbonyl (C=O) groups is 1. The molecule has 1 aromatic heterocycles. The summed E-state index contributed by atoms with van der Waals surface area (Å²) in [5.74, 6) is 1.80. The summed E-state index contributed by atoms with van der Waals surface area (Å²) in [6.45, 7) is 12.3. The van der Waals surface area contributed by atoms with Crippen molar-refractivity contribution in [2.75, 3.05) is 19.7 Å². The molecule has 1 aromatic carbocycles. The zero-order chi connectivity index (χ0) is 24.8. The fraction of sp³-hybridized carbons (Fsp3) is 0.667. The van der Waals surface area contributed by atoms with E-state index >= 15 is 0 Å². The van der Waals surface area contributed by atoms with Crippen LogP contribution in [0.4, 0.5) is 0 Å². The zero-order valence-corrected chi connectivity index (χ0v) is 22.2. The minimum absolute atomic E-state index is 0.0220. The number of carbonyl (C=O) groups excluding carboxylic acids is 1. The Morgan fingerprint density at radius 3 is 2.46 bits per heavy atom. The lowest BCUT2D eigenvalue weighted by Gasteiger charge is -2.38. The van der Waals surface area contributed by atoms with Crippen molar-refractivity contribution >= 4 is 16.9 Å². The van der Waals surface area contributed by atoms with Crippen molar-refractivity contribution < 1.29 is 14.3 Å². The Balaban J connectivity index is 1.28. The van der Waals surface area contributed by atoms with Crippen LogP contribution in [-0.2, 0) is 16.1 Å². The summed E-state index contributed by atoms with van der Waals surface area (Å²) in [6, 6.07) is 10.6. The average Bonchev–Trinajstić information content (AvgIpc) is 2.88.